The number of morpholine rings is 1. The third-order valence-electron chi connectivity index (χ3n) is 5.73. The SMILES string of the molecule is CCC1(Oc2ccc(N)c(C(=N)c3cc(N4C[C@@H](C)O[C@@H](C)C4)ncn3)c2)CC1. The number of hydrogen-bond acceptors (Lipinski definition) is 7. The van der Waals surface area contributed by atoms with Gasteiger partial charge in [0.15, 0.2) is 0 Å². The lowest BCUT2D eigenvalue weighted by molar-refractivity contribution is -0.00546. The fourth-order valence-electron chi connectivity index (χ4n) is 3.89. The maximum Gasteiger partial charge on any atom is 0.132 e. The van der Waals surface area contributed by atoms with Gasteiger partial charge in [-0.3, -0.25) is 5.41 Å². The lowest BCUT2D eigenvalue weighted by Crippen LogP contribution is -2.45. The third kappa shape index (κ3) is 4.19. The van der Waals surface area contributed by atoms with Gasteiger partial charge in [0, 0.05) is 30.4 Å². The highest BCUT2D eigenvalue weighted by molar-refractivity contribution is 6.13. The highest BCUT2D eigenvalue weighted by Crippen LogP contribution is 2.43. The summed E-state index contributed by atoms with van der Waals surface area (Å²) in [5.41, 5.74) is 8.13. The summed E-state index contributed by atoms with van der Waals surface area (Å²) in [6.45, 7) is 7.78. The molecule has 1 aromatic heterocycles. The first-order valence-electron chi connectivity index (χ1n) is 10.3. The van der Waals surface area contributed by atoms with Crippen LogP contribution in [0, 0.1) is 5.41 Å². The van der Waals surface area contributed by atoms with E-state index in [0.29, 0.717) is 16.9 Å². The van der Waals surface area contributed by atoms with E-state index in [4.69, 9.17) is 20.6 Å². The molecule has 0 radical (unpaired) electrons. The van der Waals surface area contributed by atoms with Crippen molar-refractivity contribution in [1.82, 2.24) is 9.97 Å². The number of aromatic nitrogens is 2. The number of rotatable bonds is 6. The highest BCUT2D eigenvalue weighted by atomic mass is 16.5. The standard InChI is InChI=1S/C22H29N5O2/c1-4-22(7-8-22)29-16-5-6-18(23)17(9-16)21(24)19-10-20(26-13-25-19)27-11-14(2)28-15(3)12-27/h5-6,9-10,13-15,24H,4,7-8,11-12,23H2,1-3H3/t14-,15+. The third-order valence-corrected chi connectivity index (χ3v) is 5.73. The first kappa shape index (κ1) is 19.6. The molecule has 29 heavy (non-hydrogen) atoms. The molecule has 154 valence electrons. The zero-order chi connectivity index (χ0) is 20.6. The Kier molecular flexibility index (Phi) is 5.17. The largest absolute Gasteiger partial charge is 0.487 e. The molecule has 7 nitrogen and oxygen atoms in total. The molecule has 1 aliphatic heterocycles. The maximum absolute atomic E-state index is 8.72. The zero-order valence-corrected chi connectivity index (χ0v) is 17.3. The van der Waals surface area contributed by atoms with Crippen molar-refractivity contribution in [2.24, 2.45) is 0 Å². The minimum absolute atomic E-state index is 0.0403. The van der Waals surface area contributed by atoms with Crippen molar-refractivity contribution in [1.29, 1.82) is 5.41 Å². The number of benzene rings is 1. The minimum atomic E-state index is -0.0403. The Morgan fingerprint density at radius 3 is 2.62 bits per heavy atom. The van der Waals surface area contributed by atoms with Crippen LogP contribution in [0.3, 0.4) is 0 Å². The summed E-state index contributed by atoms with van der Waals surface area (Å²) in [6, 6.07) is 7.39. The Morgan fingerprint density at radius 2 is 1.97 bits per heavy atom. The van der Waals surface area contributed by atoms with Crippen molar-refractivity contribution in [3.63, 3.8) is 0 Å². The molecule has 2 atom stereocenters. The van der Waals surface area contributed by atoms with Gasteiger partial charge in [0.25, 0.3) is 0 Å². The van der Waals surface area contributed by atoms with Gasteiger partial charge in [-0.15, -0.1) is 0 Å². The van der Waals surface area contributed by atoms with Crippen molar-refractivity contribution in [3.8, 4) is 5.75 Å². The van der Waals surface area contributed by atoms with Gasteiger partial charge in [-0.25, -0.2) is 9.97 Å². The number of nitrogens with one attached hydrogen (secondary N) is 1. The van der Waals surface area contributed by atoms with Crippen LogP contribution in [0.2, 0.25) is 0 Å². The van der Waals surface area contributed by atoms with Gasteiger partial charge in [-0.1, -0.05) is 6.92 Å². The Balaban J connectivity index is 1.58. The van der Waals surface area contributed by atoms with E-state index in [0.717, 1.165) is 43.9 Å². The van der Waals surface area contributed by atoms with Gasteiger partial charge in [0.1, 0.15) is 23.5 Å². The normalized spacial score (nSPS) is 22.9. The first-order valence-corrected chi connectivity index (χ1v) is 10.3. The van der Waals surface area contributed by atoms with E-state index < -0.39 is 0 Å². The number of nitrogens with zero attached hydrogens (tertiary/aromatic N) is 3. The Bertz CT molecular complexity index is 902. The molecule has 0 unspecified atom stereocenters. The molecule has 3 N–H and O–H groups in total. The smallest absolute Gasteiger partial charge is 0.132 e. The van der Waals surface area contributed by atoms with Crippen LogP contribution in [0.1, 0.15) is 51.3 Å². The molecule has 0 spiro atoms. The van der Waals surface area contributed by atoms with Gasteiger partial charge in [0.05, 0.1) is 23.6 Å². The molecule has 1 saturated carbocycles. The van der Waals surface area contributed by atoms with E-state index in [1.165, 1.54) is 6.33 Å². The monoisotopic (exact) mass is 395 g/mol. The van der Waals surface area contributed by atoms with Crippen LogP contribution in [-0.2, 0) is 4.74 Å². The summed E-state index contributed by atoms with van der Waals surface area (Å²) in [5.74, 6) is 1.55. The fraction of sp³-hybridized carbons (Fsp3) is 0.500. The second kappa shape index (κ2) is 7.63. The fourth-order valence-corrected chi connectivity index (χ4v) is 3.89. The average Bonchev–Trinajstić information content (AvgIpc) is 3.48. The van der Waals surface area contributed by atoms with Crippen LogP contribution < -0.4 is 15.4 Å². The summed E-state index contributed by atoms with van der Waals surface area (Å²) in [7, 11) is 0. The lowest BCUT2D eigenvalue weighted by atomic mass is 10.0. The second-order valence-electron chi connectivity index (χ2n) is 8.19. The molecule has 2 heterocycles. The molecule has 2 aliphatic rings. The van der Waals surface area contributed by atoms with Crippen LogP contribution in [0.15, 0.2) is 30.6 Å². The van der Waals surface area contributed by atoms with Gasteiger partial charge < -0.3 is 20.1 Å². The van der Waals surface area contributed by atoms with Crippen LogP contribution in [0.4, 0.5) is 11.5 Å². The lowest BCUT2D eigenvalue weighted by Gasteiger charge is -2.36. The number of ether oxygens (including phenoxy) is 2. The molecule has 2 fully saturated rings. The molecule has 1 aliphatic carbocycles. The second-order valence-corrected chi connectivity index (χ2v) is 8.19. The van der Waals surface area contributed by atoms with E-state index in [-0.39, 0.29) is 23.5 Å². The van der Waals surface area contributed by atoms with Gasteiger partial charge in [-0.05, 0) is 51.3 Å². The van der Waals surface area contributed by atoms with E-state index in [1.807, 2.05) is 18.2 Å². The average molecular weight is 396 g/mol. The molecule has 2 aromatic rings. The maximum atomic E-state index is 8.72. The Hall–Kier alpha value is -2.67. The Morgan fingerprint density at radius 1 is 1.24 bits per heavy atom. The van der Waals surface area contributed by atoms with Crippen molar-refractivity contribution in [2.45, 2.75) is 57.8 Å². The molecular weight excluding hydrogens is 366 g/mol. The zero-order valence-electron chi connectivity index (χ0n) is 17.3. The molecule has 4 rings (SSSR count). The summed E-state index contributed by atoms with van der Waals surface area (Å²) in [6.07, 6.45) is 4.91. The molecular formula is C22H29N5O2. The summed E-state index contributed by atoms with van der Waals surface area (Å²) in [4.78, 5) is 10.9. The number of hydrogen-bond donors (Lipinski definition) is 2. The summed E-state index contributed by atoms with van der Waals surface area (Å²) in [5, 5.41) is 8.72. The van der Waals surface area contributed by atoms with Crippen molar-refractivity contribution in [3.05, 3.63) is 41.9 Å². The molecule has 1 aromatic carbocycles. The number of nitrogens with two attached hydrogens (primary N) is 1. The predicted octanol–water partition coefficient (Wildman–Crippen LogP) is 3.41. The number of anilines is 2. The first-order chi connectivity index (χ1) is 13.9. The Labute approximate surface area is 171 Å². The van der Waals surface area contributed by atoms with Gasteiger partial charge in [-0.2, -0.15) is 0 Å². The van der Waals surface area contributed by atoms with E-state index >= 15 is 0 Å². The summed E-state index contributed by atoms with van der Waals surface area (Å²) < 4.78 is 12.0. The highest BCUT2D eigenvalue weighted by Gasteiger charge is 2.43. The topological polar surface area (TPSA) is 97.4 Å². The molecule has 7 heteroatoms. The van der Waals surface area contributed by atoms with Crippen LogP contribution >= 0.6 is 0 Å². The predicted molar refractivity (Wildman–Crippen MR) is 114 cm³/mol. The van der Waals surface area contributed by atoms with Crippen molar-refractivity contribution in [2.75, 3.05) is 23.7 Å². The van der Waals surface area contributed by atoms with Crippen LogP contribution in [0.5, 0.6) is 5.75 Å². The van der Waals surface area contributed by atoms with E-state index in [1.54, 1.807) is 6.07 Å². The minimum Gasteiger partial charge on any atom is -0.487 e. The number of nitrogen functional groups attached to an aromatic ring is 1. The van der Waals surface area contributed by atoms with Crippen molar-refractivity contribution < 1.29 is 9.47 Å². The molecule has 0 amide bonds. The van der Waals surface area contributed by atoms with Gasteiger partial charge in [0.2, 0.25) is 0 Å². The summed E-state index contributed by atoms with van der Waals surface area (Å²) >= 11 is 0. The molecule has 1 saturated heterocycles. The quantitative estimate of drug-likeness (QED) is 0.575. The van der Waals surface area contributed by atoms with E-state index in [9.17, 15) is 0 Å². The van der Waals surface area contributed by atoms with Crippen LogP contribution in [0.25, 0.3) is 0 Å². The molecule has 0 bridgehead atoms. The van der Waals surface area contributed by atoms with Crippen molar-refractivity contribution >= 4 is 17.2 Å². The van der Waals surface area contributed by atoms with Crippen LogP contribution in [-0.4, -0.2) is 46.6 Å². The van der Waals surface area contributed by atoms with Gasteiger partial charge >= 0.3 is 0 Å². The van der Waals surface area contributed by atoms with E-state index in [2.05, 4.69) is 35.6 Å².